The van der Waals surface area contributed by atoms with Crippen molar-refractivity contribution in [2.45, 2.75) is 71.0 Å². The number of nitrogens with one attached hydrogen (secondary N) is 2. The summed E-state index contributed by atoms with van der Waals surface area (Å²) in [6.45, 7) is 9.14. The average molecular weight is 574 g/mol. The Labute approximate surface area is 220 Å². The molecule has 39 heavy (non-hydrogen) atoms. The first-order chi connectivity index (χ1) is 18.1. The molecule has 4 rings (SSSR count). The summed E-state index contributed by atoms with van der Waals surface area (Å²) in [5.74, 6) is -5.05. The van der Waals surface area contributed by atoms with Crippen LogP contribution in [0.3, 0.4) is 0 Å². The summed E-state index contributed by atoms with van der Waals surface area (Å²) in [6, 6.07) is 2.17. The van der Waals surface area contributed by atoms with Gasteiger partial charge in [0.05, 0.1) is 24.5 Å². The smallest absolute Gasteiger partial charge is 0.475 e. The maximum Gasteiger partial charge on any atom is 0.490 e. The van der Waals surface area contributed by atoms with E-state index in [0.29, 0.717) is 12.0 Å². The number of carbonyl (C=O) groups is 3. The quantitative estimate of drug-likeness (QED) is 0.382. The largest absolute Gasteiger partial charge is 0.490 e. The number of unbranched alkanes of at least 4 members (excludes halogenated alkanes) is 1. The lowest BCUT2D eigenvalue weighted by molar-refractivity contribution is -0.193. The van der Waals surface area contributed by atoms with E-state index in [2.05, 4.69) is 38.3 Å². The fourth-order valence-corrected chi connectivity index (χ4v) is 4.54. The van der Waals surface area contributed by atoms with E-state index < -0.39 is 24.3 Å². The number of alkyl halides is 6. The topological polar surface area (TPSA) is 137 Å². The molecular formula is C23H33F6N5O5. The number of amides is 1. The molecule has 1 saturated carbocycles. The van der Waals surface area contributed by atoms with Crippen LogP contribution in [-0.2, 0) is 34.0 Å². The number of piperidine rings is 1. The number of carboxylic acid groups (broad SMARTS) is 2. The normalized spacial score (nSPS) is 20.0. The molecule has 1 aliphatic carbocycles. The molecule has 16 heteroatoms. The third kappa shape index (κ3) is 9.98. The Hall–Kier alpha value is -2.88. The molecule has 0 bridgehead atoms. The van der Waals surface area contributed by atoms with E-state index in [1.165, 1.54) is 25.1 Å². The van der Waals surface area contributed by atoms with Crippen LogP contribution in [0.15, 0.2) is 6.07 Å². The third-order valence-electron chi connectivity index (χ3n) is 6.79. The highest BCUT2D eigenvalue weighted by molar-refractivity contribution is 5.82. The van der Waals surface area contributed by atoms with Gasteiger partial charge in [0.15, 0.2) is 0 Å². The van der Waals surface area contributed by atoms with Crippen molar-refractivity contribution in [3.8, 4) is 0 Å². The van der Waals surface area contributed by atoms with Gasteiger partial charge in [0.2, 0.25) is 5.91 Å². The maximum atomic E-state index is 12.5. The number of aliphatic carboxylic acids is 2. The van der Waals surface area contributed by atoms with Crippen LogP contribution in [0.25, 0.3) is 0 Å². The number of hydrogen-bond acceptors (Lipinski definition) is 6. The van der Waals surface area contributed by atoms with Crippen molar-refractivity contribution in [2.24, 2.45) is 11.3 Å². The molecular weight excluding hydrogens is 540 g/mol. The van der Waals surface area contributed by atoms with Crippen LogP contribution >= 0.6 is 0 Å². The van der Waals surface area contributed by atoms with E-state index in [4.69, 9.17) is 19.8 Å². The highest BCUT2D eigenvalue weighted by atomic mass is 19.4. The van der Waals surface area contributed by atoms with Crippen molar-refractivity contribution in [1.82, 2.24) is 25.3 Å². The Morgan fingerprint density at radius 1 is 1.08 bits per heavy atom. The number of carbonyl (C=O) groups excluding carboxylic acids is 1. The van der Waals surface area contributed by atoms with E-state index in [1.807, 2.05) is 0 Å². The zero-order valence-electron chi connectivity index (χ0n) is 21.4. The van der Waals surface area contributed by atoms with Crippen LogP contribution in [0, 0.1) is 11.3 Å². The molecule has 1 aromatic heterocycles. The molecule has 3 heterocycles. The summed E-state index contributed by atoms with van der Waals surface area (Å²) >= 11 is 0. The van der Waals surface area contributed by atoms with Crippen molar-refractivity contribution in [1.29, 1.82) is 0 Å². The van der Waals surface area contributed by atoms with Crippen LogP contribution in [0.5, 0.6) is 0 Å². The molecule has 1 aromatic rings. The van der Waals surface area contributed by atoms with E-state index >= 15 is 0 Å². The minimum atomic E-state index is -5.08. The molecule has 222 valence electrons. The summed E-state index contributed by atoms with van der Waals surface area (Å²) in [4.78, 5) is 32.8. The Kier molecular flexibility index (Phi) is 11.2. The van der Waals surface area contributed by atoms with Gasteiger partial charge < -0.3 is 20.8 Å². The maximum absolute atomic E-state index is 12.5. The Bertz CT molecular complexity index is 967. The van der Waals surface area contributed by atoms with E-state index in [0.717, 1.165) is 57.7 Å². The molecule has 1 atom stereocenters. The van der Waals surface area contributed by atoms with Crippen molar-refractivity contribution >= 4 is 17.8 Å². The second-order valence-electron chi connectivity index (χ2n) is 9.67. The minimum Gasteiger partial charge on any atom is -0.475 e. The number of halogens is 6. The monoisotopic (exact) mass is 573 g/mol. The summed E-state index contributed by atoms with van der Waals surface area (Å²) in [5, 5.41) is 25.5. The van der Waals surface area contributed by atoms with Gasteiger partial charge in [0, 0.05) is 19.0 Å². The molecule has 1 spiro atoms. The van der Waals surface area contributed by atoms with Crippen LogP contribution in [0.4, 0.5) is 26.3 Å². The van der Waals surface area contributed by atoms with Gasteiger partial charge >= 0.3 is 24.3 Å². The highest BCUT2D eigenvalue weighted by Crippen LogP contribution is 2.58. The number of fused-ring (bicyclic) bond motifs is 1. The first-order valence-corrected chi connectivity index (χ1v) is 12.5. The Morgan fingerprint density at radius 3 is 2.15 bits per heavy atom. The van der Waals surface area contributed by atoms with Gasteiger partial charge in [-0.2, -0.15) is 31.4 Å². The van der Waals surface area contributed by atoms with Gasteiger partial charge in [-0.15, -0.1) is 0 Å². The van der Waals surface area contributed by atoms with E-state index in [-0.39, 0.29) is 11.8 Å². The number of rotatable bonds is 6. The van der Waals surface area contributed by atoms with E-state index in [9.17, 15) is 31.1 Å². The Morgan fingerprint density at radius 2 is 1.64 bits per heavy atom. The number of aromatic nitrogens is 2. The van der Waals surface area contributed by atoms with Crippen molar-refractivity contribution in [2.75, 3.05) is 26.2 Å². The zero-order chi connectivity index (χ0) is 29.4. The minimum absolute atomic E-state index is 0.233. The van der Waals surface area contributed by atoms with Crippen LogP contribution in [0.1, 0.15) is 50.4 Å². The molecule has 0 radical (unpaired) electrons. The van der Waals surface area contributed by atoms with Gasteiger partial charge in [-0.3, -0.25) is 14.4 Å². The lowest BCUT2D eigenvalue weighted by atomic mass is 9.92. The van der Waals surface area contributed by atoms with Gasteiger partial charge in [-0.1, -0.05) is 13.3 Å². The predicted octanol–water partition coefficient (Wildman–Crippen LogP) is 2.77. The van der Waals surface area contributed by atoms with Crippen LogP contribution in [0.2, 0.25) is 0 Å². The second-order valence-corrected chi connectivity index (χ2v) is 9.67. The van der Waals surface area contributed by atoms with E-state index in [1.54, 1.807) is 0 Å². The number of hydrogen-bond donors (Lipinski definition) is 4. The van der Waals surface area contributed by atoms with Gasteiger partial charge in [0.1, 0.15) is 0 Å². The molecule has 3 aliphatic rings. The Balaban J connectivity index is 0.000000317. The molecule has 1 saturated heterocycles. The first-order valence-electron chi connectivity index (χ1n) is 12.5. The fraction of sp³-hybridized carbons (Fsp3) is 0.739. The molecule has 4 N–H and O–H groups in total. The summed E-state index contributed by atoms with van der Waals surface area (Å²) < 4.78 is 65.6. The molecule has 2 aliphatic heterocycles. The molecule has 1 unspecified atom stereocenters. The summed E-state index contributed by atoms with van der Waals surface area (Å²) in [5.41, 5.74) is 2.59. The SMILES string of the molecule is CCCCN1CCn2nc(CNC(=O)C3CC34CCNCC4)cc2C1.O=C(O)C(F)(F)F.O=C(O)C(F)(F)F. The van der Waals surface area contributed by atoms with Gasteiger partial charge in [0.25, 0.3) is 0 Å². The second kappa shape index (κ2) is 13.5. The lowest BCUT2D eigenvalue weighted by Crippen LogP contribution is -2.34. The lowest BCUT2D eigenvalue weighted by Gasteiger charge is -2.27. The predicted molar refractivity (Wildman–Crippen MR) is 124 cm³/mol. The first kappa shape index (κ1) is 32.3. The summed E-state index contributed by atoms with van der Waals surface area (Å²) in [7, 11) is 0. The average Bonchev–Trinajstić information content (AvgIpc) is 3.37. The van der Waals surface area contributed by atoms with Gasteiger partial charge in [-0.05, 0) is 56.8 Å². The fourth-order valence-electron chi connectivity index (χ4n) is 4.54. The third-order valence-corrected chi connectivity index (χ3v) is 6.79. The van der Waals surface area contributed by atoms with Crippen molar-refractivity contribution in [3.05, 3.63) is 17.5 Å². The summed E-state index contributed by atoms with van der Waals surface area (Å²) in [6.07, 6.45) is -4.29. The molecule has 0 aromatic carbocycles. The highest BCUT2D eigenvalue weighted by Gasteiger charge is 2.57. The molecule has 2 fully saturated rings. The van der Waals surface area contributed by atoms with Crippen molar-refractivity contribution < 1.29 is 50.9 Å². The zero-order valence-corrected chi connectivity index (χ0v) is 21.4. The standard InChI is InChI=1S/C19H31N5O.2C2HF3O2/c1-2-3-8-23-9-10-24-16(14-23)11-15(22-24)13-21-18(25)17-12-19(17)4-6-20-7-5-19;2*3-2(4,5)1(6)7/h11,17,20H,2-10,12-14H2,1H3,(H,21,25);2*(H,6,7). The van der Waals surface area contributed by atoms with Crippen molar-refractivity contribution in [3.63, 3.8) is 0 Å². The van der Waals surface area contributed by atoms with Gasteiger partial charge in [-0.25, -0.2) is 9.59 Å². The number of nitrogens with zero attached hydrogens (tertiary/aromatic N) is 3. The molecule has 10 nitrogen and oxygen atoms in total. The number of carboxylic acids is 2. The van der Waals surface area contributed by atoms with Crippen LogP contribution in [-0.4, -0.2) is 81.3 Å². The van der Waals surface area contributed by atoms with Crippen LogP contribution < -0.4 is 10.6 Å². The molecule has 1 amide bonds.